The zero-order valence-electron chi connectivity index (χ0n) is 11.5. The van der Waals surface area contributed by atoms with E-state index in [1.54, 1.807) is 28.6 Å². The Labute approximate surface area is 121 Å². The summed E-state index contributed by atoms with van der Waals surface area (Å²) >= 11 is 1.56. The van der Waals surface area contributed by atoms with E-state index in [1.807, 2.05) is 23.9 Å². The molecule has 1 fully saturated rings. The predicted molar refractivity (Wildman–Crippen MR) is 76.4 cm³/mol. The zero-order valence-corrected chi connectivity index (χ0v) is 12.3. The van der Waals surface area contributed by atoms with Gasteiger partial charge in [0, 0.05) is 37.4 Å². The molecule has 2 aromatic heterocycles. The number of aromatic nitrogens is 3. The highest BCUT2D eigenvalue weighted by Gasteiger charge is 2.37. The van der Waals surface area contributed by atoms with Gasteiger partial charge in [-0.05, 0) is 13.3 Å². The van der Waals surface area contributed by atoms with Crippen LogP contribution in [-0.4, -0.2) is 37.9 Å². The first-order chi connectivity index (χ1) is 9.56. The predicted octanol–water partition coefficient (Wildman–Crippen LogP) is 1.10. The highest BCUT2D eigenvalue weighted by atomic mass is 32.1. The van der Waals surface area contributed by atoms with E-state index in [1.165, 1.54) is 0 Å². The van der Waals surface area contributed by atoms with Crippen LogP contribution in [0.3, 0.4) is 0 Å². The average Bonchev–Trinajstić information content (AvgIpc) is 3.10. The second-order valence-electron chi connectivity index (χ2n) is 5.12. The van der Waals surface area contributed by atoms with E-state index >= 15 is 0 Å². The molecule has 2 atom stereocenters. The number of carbonyl (C=O) groups is 1. The fourth-order valence-corrected chi connectivity index (χ4v) is 3.30. The molecule has 1 amide bonds. The highest BCUT2D eigenvalue weighted by molar-refractivity contribution is 7.09. The molecular formula is C13H17N5OS. The van der Waals surface area contributed by atoms with Gasteiger partial charge < -0.3 is 15.2 Å². The SMILES string of the molecule is Cc1nc(C(=O)N2C[C@H](N)C[C@H]2c2nccs2)cn1C. The number of likely N-dealkylation sites (tertiary alicyclic amines) is 1. The Kier molecular flexibility index (Phi) is 3.31. The van der Waals surface area contributed by atoms with E-state index in [-0.39, 0.29) is 18.0 Å². The molecule has 106 valence electrons. The van der Waals surface area contributed by atoms with Crippen LogP contribution in [0.4, 0.5) is 0 Å². The third-order valence-electron chi connectivity index (χ3n) is 3.66. The third kappa shape index (κ3) is 2.23. The molecular weight excluding hydrogens is 274 g/mol. The molecule has 3 rings (SSSR count). The minimum absolute atomic E-state index is 0.00217. The number of thiazole rings is 1. The number of imidazole rings is 1. The second-order valence-corrected chi connectivity index (χ2v) is 6.05. The molecule has 0 spiro atoms. The first-order valence-corrected chi connectivity index (χ1v) is 7.40. The van der Waals surface area contributed by atoms with E-state index in [9.17, 15) is 4.79 Å². The van der Waals surface area contributed by atoms with Crippen LogP contribution in [0.5, 0.6) is 0 Å². The van der Waals surface area contributed by atoms with E-state index < -0.39 is 0 Å². The van der Waals surface area contributed by atoms with E-state index in [0.717, 1.165) is 17.3 Å². The Hall–Kier alpha value is -1.73. The van der Waals surface area contributed by atoms with Crippen LogP contribution in [0.2, 0.25) is 0 Å². The van der Waals surface area contributed by atoms with Crippen molar-refractivity contribution in [1.29, 1.82) is 0 Å². The first kappa shape index (κ1) is 13.3. The number of amides is 1. The largest absolute Gasteiger partial charge is 0.337 e. The van der Waals surface area contributed by atoms with Crippen molar-refractivity contribution in [2.75, 3.05) is 6.54 Å². The van der Waals surface area contributed by atoms with Gasteiger partial charge in [0.15, 0.2) is 0 Å². The smallest absolute Gasteiger partial charge is 0.274 e. The number of nitrogens with two attached hydrogens (primary N) is 1. The molecule has 7 heteroatoms. The van der Waals surface area contributed by atoms with Crippen molar-refractivity contribution in [3.8, 4) is 0 Å². The summed E-state index contributed by atoms with van der Waals surface area (Å²) in [4.78, 5) is 23.1. The Morgan fingerprint density at radius 3 is 2.95 bits per heavy atom. The van der Waals surface area contributed by atoms with Crippen LogP contribution < -0.4 is 5.73 Å². The van der Waals surface area contributed by atoms with Crippen molar-refractivity contribution >= 4 is 17.2 Å². The minimum Gasteiger partial charge on any atom is -0.337 e. The molecule has 0 aromatic carbocycles. The van der Waals surface area contributed by atoms with Gasteiger partial charge in [0.2, 0.25) is 0 Å². The zero-order chi connectivity index (χ0) is 14.3. The number of nitrogens with zero attached hydrogens (tertiary/aromatic N) is 4. The van der Waals surface area contributed by atoms with Crippen LogP contribution >= 0.6 is 11.3 Å². The lowest BCUT2D eigenvalue weighted by atomic mass is 10.2. The molecule has 0 saturated carbocycles. The molecule has 2 N–H and O–H groups in total. The molecule has 0 radical (unpaired) electrons. The van der Waals surface area contributed by atoms with E-state index in [2.05, 4.69) is 9.97 Å². The monoisotopic (exact) mass is 291 g/mol. The molecule has 1 saturated heterocycles. The van der Waals surface area contributed by atoms with Crippen molar-refractivity contribution in [2.24, 2.45) is 12.8 Å². The molecule has 2 aromatic rings. The Morgan fingerprint density at radius 1 is 1.55 bits per heavy atom. The second kappa shape index (κ2) is 4.99. The molecule has 6 nitrogen and oxygen atoms in total. The summed E-state index contributed by atoms with van der Waals surface area (Å²) in [6, 6.07) is -0.0301. The van der Waals surface area contributed by atoms with Gasteiger partial charge in [-0.25, -0.2) is 9.97 Å². The van der Waals surface area contributed by atoms with E-state index in [4.69, 9.17) is 5.73 Å². The summed E-state index contributed by atoms with van der Waals surface area (Å²) in [5.74, 6) is 0.754. The number of hydrogen-bond acceptors (Lipinski definition) is 5. The number of rotatable bonds is 2. The molecule has 0 unspecified atom stereocenters. The molecule has 0 bridgehead atoms. The normalized spacial score (nSPS) is 22.4. The Bertz CT molecular complexity index is 601. The van der Waals surface area contributed by atoms with Gasteiger partial charge in [-0.2, -0.15) is 0 Å². The van der Waals surface area contributed by atoms with Gasteiger partial charge in [0.05, 0.1) is 6.04 Å². The summed E-state index contributed by atoms with van der Waals surface area (Å²) < 4.78 is 1.85. The van der Waals surface area contributed by atoms with Gasteiger partial charge in [0.25, 0.3) is 5.91 Å². The molecule has 0 aliphatic carbocycles. The lowest BCUT2D eigenvalue weighted by molar-refractivity contribution is 0.0728. The van der Waals surface area contributed by atoms with Crippen LogP contribution in [-0.2, 0) is 7.05 Å². The summed E-state index contributed by atoms with van der Waals surface area (Å²) in [6.45, 7) is 2.43. The van der Waals surface area contributed by atoms with Gasteiger partial charge in [-0.3, -0.25) is 4.79 Å². The lowest BCUT2D eigenvalue weighted by Crippen LogP contribution is -2.33. The maximum absolute atomic E-state index is 12.6. The third-order valence-corrected chi connectivity index (χ3v) is 4.54. The Balaban J connectivity index is 1.89. The van der Waals surface area contributed by atoms with Gasteiger partial charge in [0.1, 0.15) is 16.5 Å². The summed E-state index contributed by atoms with van der Waals surface area (Å²) in [7, 11) is 1.88. The van der Waals surface area contributed by atoms with Crippen molar-refractivity contribution in [2.45, 2.75) is 25.4 Å². The van der Waals surface area contributed by atoms with Crippen LogP contribution in [0.15, 0.2) is 17.8 Å². The maximum atomic E-state index is 12.6. The number of aryl methyl sites for hydroxylation is 2. The van der Waals surface area contributed by atoms with Gasteiger partial charge in [-0.15, -0.1) is 11.3 Å². The van der Waals surface area contributed by atoms with Crippen LogP contribution in [0.1, 0.15) is 33.8 Å². The van der Waals surface area contributed by atoms with Crippen LogP contribution in [0, 0.1) is 6.92 Å². The van der Waals surface area contributed by atoms with Gasteiger partial charge >= 0.3 is 0 Å². The molecule has 1 aliphatic rings. The maximum Gasteiger partial charge on any atom is 0.274 e. The number of hydrogen-bond donors (Lipinski definition) is 1. The minimum atomic E-state index is -0.0677. The quantitative estimate of drug-likeness (QED) is 0.899. The molecule has 1 aliphatic heterocycles. The lowest BCUT2D eigenvalue weighted by Gasteiger charge is -2.21. The van der Waals surface area contributed by atoms with Crippen molar-refractivity contribution in [3.05, 3.63) is 34.3 Å². The van der Waals surface area contributed by atoms with Crippen molar-refractivity contribution < 1.29 is 4.79 Å². The highest BCUT2D eigenvalue weighted by Crippen LogP contribution is 2.33. The summed E-state index contributed by atoms with van der Waals surface area (Å²) in [6.07, 6.45) is 4.28. The topological polar surface area (TPSA) is 77.0 Å². The Morgan fingerprint density at radius 2 is 2.35 bits per heavy atom. The average molecular weight is 291 g/mol. The molecule has 20 heavy (non-hydrogen) atoms. The van der Waals surface area contributed by atoms with Gasteiger partial charge in [-0.1, -0.05) is 0 Å². The summed E-state index contributed by atoms with van der Waals surface area (Å²) in [5, 5.41) is 2.87. The first-order valence-electron chi connectivity index (χ1n) is 6.52. The standard InChI is InChI=1S/C13H17N5OS/c1-8-16-10(7-17(8)2)13(19)18-6-9(14)5-11(18)12-15-3-4-20-12/h3-4,7,9,11H,5-6,14H2,1-2H3/t9-,11+/m1/s1. The van der Waals surface area contributed by atoms with Crippen molar-refractivity contribution in [1.82, 2.24) is 19.4 Å². The summed E-state index contributed by atoms with van der Waals surface area (Å²) in [5.41, 5.74) is 6.50. The van der Waals surface area contributed by atoms with Crippen molar-refractivity contribution in [3.63, 3.8) is 0 Å². The van der Waals surface area contributed by atoms with E-state index in [0.29, 0.717) is 12.2 Å². The fraction of sp³-hybridized carbons (Fsp3) is 0.462. The van der Waals surface area contributed by atoms with Crippen LogP contribution in [0.25, 0.3) is 0 Å². The fourth-order valence-electron chi connectivity index (χ4n) is 2.54. The molecule has 3 heterocycles. The number of carbonyl (C=O) groups excluding carboxylic acids is 1.